The molecule has 0 saturated carbocycles. The zero-order valence-electron chi connectivity index (χ0n) is 10.1. The van der Waals surface area contributed by atoms with Crippen LogP contribution in [-0.4, -0.2) is 10.2 Å². The molecule has 0 amide bonds. The highest BCUT2D eigenvalue weighted by Crippen LogP contribution is 2.26. The summed E-state index contributed by atoms with van der Waals surface area (Å²) in [7, 11) is 0. The molecule has 0 radical (unpaired) electrons. The number of phenols is 2. The number of aromatic hydroxyl groups is 2. The lowest BCUT2D eigenvalue weighted by Gasteiger charge is -2.09. The number of phenolic OH excluding ortho intramolecular Hbond substituents is 2. The molecule has 2 nitrogen and oxygen atoms in total. The van der Waals surface area contributed by atoms with Gasteiger partial charge in [-0.3, -0.25) is 0 Å². The molecule has 0 heterocycles. The van der Waals surface area contributed by atoms with Gasteiger partial charge >= 0.3 is 0 Å². The Morgan fingerprint density at radius 3 is 2.24 bits per heavy atom. The Morgan fingerprint density at radius 1 is 0.941 bits per heavy atom. The summed E-state index contributed by atoms with van der Waals surface area (Å²) in [5.41, 5.74) is 4.05. The van der Waals surface area contributed by atoms with Gasteiger partial charge in [0, 0.05) is 6.42 Å². The Balaban J connectivity index is 2.32. The van der Waals surface area contributed by atoms with Gasteiger partial charge in [-0.15, -0.1) is 0 Å². The van der Waals surface area contributed by atoms with Crippen molar-refractivity contribution in [3.63, 3.8) is 0 Å². The van der Waals surface area contributed by atoms with Crippen LogP contribution in [0.4, 0.5) is 0 Å². The maximum Gasteiger partial charge on any atom is 0.122 e. The van der Waals surface area contributed by atoms with Crippen molar-refractivity contribution in [3.8, 4) is 11.5 Å². The summed E-state index contributed by atoms with van der Waals surface area (Å²) in [5.74, 6) is 0.627. The second kappa shape index (κ2) is 4.50. The summed E-state index contributed by atoms with van der Waals surface area (Å²) in [5, 5.41) is 19.2. The van der Waals surface area contributed by atoms with Gasteiger partial charge in [0.2, 0.25) is 0 Å². The average Bonchev–Trinajstić information content (AvgIpc) is 2.28. The zero-order valence-corrected chi connectivity index (χ0v) is 10.1. The Morgan fingerprint density at radius 2 is 1.59 bits per heavy atom. The van der Waals surface area contributed by atoms with Gasteiger partial charge in [-0.2, -0.15) is 0 Å². The van der Waals surface area contributed by atoms with Crippen molar-refractivity contribution in [3.05, 3.63) is 58.7 Å². The average molecular weight is 228 g/mol. The molecule has 2 aromatic carbocycles. The number of aryl methyl sites for hydroxylation is 2. The van der Waals surface area contributed by atoms with Crippen LogP contribution in [-0.2, 0) is 6.42 Å². The highest BCUT2D eigenvalue weighted by Gasteiger charge is 2.06. The Labute approximate surface area is 101 Å². The van der Waals surface area contributed by atoms with E-state index in [2.05, 4.69) is 0 Å². The molecule has 0 unspecified atom stereocenters. The van der Waals surface area contributed by atoms with Crippen LogP contribution in [0.25, 0.3) is 0 Å². The van der Waals surface area contributed by atoms with E-state index in [4.69, 9.17) is 0 Å². The fraction of sp³-hybridized carbons (Fsp3) is 0.200. The molecule has 0 saturated heterocycles. The fourth-order valence-corrected chi connectivity index (χ4v) is 2.02. The van der Waals surface area contributed by atoms with Crippen molar-refractivity contribution >= 4 is 0 Å². The normalized spacial score (nSPS) is 10.5. The van der Waals surface area contributed by atoms with Crippen LogP contribution in [0.15, 0.2) is 36.4 Å². The molecule has 2 N–H and O–H groups in total. The first-order valence-electron chi connectivity index (χ1n) is 5.63. The molecule has 2 heteroatoms. The minimum absolute atomic E-state index is 0.262. The number of hydrogen-bond acceptors (Lipinski definition) is 2. The monoisotopic (exact) mass is 228 g/mol. The molecule has 17 heavy (non-hydrogen) atoms. The van der Waals surface area contributed by atoms with Crippen LogP contribution in [0, 0.1) is 13.8 Å². The topological polar surface area (TPSA) is 40.5 Å². The third kappa shape index (κ3) is 2.59. The predicted molar refractivity (Wildman–Crippen MR) is 68.5 cm³/mol. The van der Waals surface area contributed by atoms with Gasteiger partial charge in [0.1, 0.15) is 11.5 Å². The standard InChI is InChI=1S/C15H16O2/c1-10-7-11(2)15(17)13(8-10)9-12-3-5-14(16)6-4-12/h3-8,16-17H,9H2,1-2H3. The number of benzene rings is 2. The second-order valence-corrected chi connectivity index (χ2v) is 4.43. The van der Waals surface area contributed by atoms with Gasteiger partial charge in [-0.05, 0) is 42.7 Å². The third-order valence-electron chi connectivity index (χ3n) is 2.85. The van der Waals surface area contributed by atoms with Crippen LogP contribution in [0.1, 0.15) is 22.3 Å². The van der Waals surface area contributed by atoms with Crippen molar-refractivity contribution in [1.29, 1.82) is 0 Å². The van der Waals surface area contributed by atoms with Crippen LogP contribution < -0.4 is 0 Å². The number of hydrogen-bond donors (Lipinski definition) is 2. The van der Waals surface area contributed by atoms with Gasteiger partial charge in [0.25, 0.3) is 0 Å². The van der Waals surface area contributed by atoms with Crippen molar-refractivity contribution in [2.45, 2.75) is 20.3 Å². The summed E-state index contributed by atoms with van der Waals surface area (Å²) in [6.07, 6.45) is 0.675. The smallest absolute Gasteiger partial charge is 0.122 e. The molecule has 0 spiro atoms. The molecule has 0 bridgehead atoms. The van der Waals surface area contributed by atoms with E-state index in [0.29, 0.717) is 12.2 Å². The van der Waals surface area contributed by atoms with E-state index in [1.807, 2.05) is 38.1 Å². The molecular weight excluding hydrogens is 212 g/mol. The van der Waals surface area contributed by atoms with Gasteiger partial charge in [-0.25, -0.2) is 0 Å². The minimum atomic E-state index is 0.262. The maximum absolute atomic E-state index is 9.99. The molecule has 2 rings (SSSR count). The van der Waals surface area contributed by atoms with Crippen LogP contribution >= 0.6 is 0 Å². The van der Waals surface area contributed by atoms with Crippen LogP contribution in [0.5, 0.6) is 11.5 Å². The van der Waals surface area contributed by atoms with Gasteiger partial charge in [0.05, 0.1) is 0 Å². The number of rotatable bonds is 2. The van der Waals surface area contributed by atoms with E-state index >= 15 is 0 Å². The van der Waals surface area contributed by atoms with E-state index in [9.17, 15) is 10.2 Å². The van der Waals surface area contributed by atoms with E-state index in [1.54, 1.807) is 12.1 Å². The van der Waals surface area contributed by atoms with Crippen molar-refractivity contribution in [2.75, 3.05) is 0 Å². The van der Waals surface area contributed by atoms with E-state index in [0.717, 1.165) is 22.3 Å². The van der Waals surface area contributed by atoms with Crippen molar-refractivity contribution < 1.29 is 10.2 Å². The summed E-state index contributed by atoms with van der Waals surface area (Å²) < 4.78 is 0. The summed E-state index contributed by atoms with van der Waals surface area (Å²) in [4.78, 5) is 0. The molecule has 0 aromatic heterocycles. The molecular formula is C15H16O2. The zero-order chi connectivity index (χ0) is 12.4. The molecule has 88 valence electrons. The van der Waals surface area contributed by atoms with Crippen LogP contribution in [0.2, 0.25) is 0 Å². The SMILES string of the molecule is Cc1cc(C)c(O)c(Cc2ccc(O)cc2)c1. The Hall–Kier alpha value is -1.96. The first-order chi connectivity index (χ1) is 8.06. The highest BCUT2D eigenvalue weighted by atomic mass is 16.3. The molecule has 0 fully saturated rings. The van der Waals surface area contributed by atoms with E-state index in [1.165, 1.54) is 0 Å². The van der Waals surface area contributed by atoms with Gasteiger partial charge in [0.15, 0.2) is 0 Å². The summed E-state index contributed by atoms with van der Waals surface area (Å²) in [6.45, 7) is 3.93. The summed E-state index contributed by atoms with van der Waals surface area (Å²) >= 11 is 0. The lowest BCUT2D eigenvalue weighted by molar-refractivity contribution is 0.465. The van der Waals surface area contributed by atoms with Crippen molar-refractivity contribution in [2.24, 2.45) is 0 Å². The fourth-order valence-electron chi connectivity index (χ4n) is 2.02. The van der Waals surface area contributed by atoms with Gasteiger partial charge < -0.3 is 10.2 Å². The van der Waals surface area contributed by atoms with E-state index in [-0.39, 0.29) is 5.75 Å². The lowest BCUT2D eigenvalue weighted by Crippen LogP contribution is -1.92. The lowest BCUT2D eigenvalue weighted by atomic mass is 9.99. The first kappa shape index (κ1) is 11.5. The maximum atomic E-state index is 9.99. The van der Waals surface area contributed by atoms with Crippen molar-refractivity contribution in [1.82, 2.24) is 0 Å². The predicted octanol–water partition coefficient (Wildman–Crippen LogP) is 3.31. The molecule has 2 aromatic rings. The molecule has 0 aliphatic carbocycles. The Kier molecular flexibility index (Phi) is 3.05. The second-order valence-electron chi connectivity index (χ2n) is 4.43. The van der Waals surface area contributed by atoms with E-state index < -0.39 is 0 Å². The summed E-state index contributed by atoms with van der Waals surface area (Å²) in [6, 6.07) is 11.0. The minimum Gasteiger partial charge on any atom is -0.508 e. The largest absolute Gasteiger partial charge is 0.508 e. The molecule has 0 atom stereocenters. The first-order valence-corrected chi connectivity index (χ1v) is 5.63. The quantitative estimate of drug-likeness (QED) is 0.828. The highest BCUT2D eigenvalue weighted by molar-refractivity contribution is 5.45. The molecule has 0 aliphatic heterocycles. The molecule has 0 aliphatic rings. The van der Waals surface area contributed by atoms with Gasteiger partial charge in [-0.1, -0.05) is 29.8 Å². The third-order valence-corrected chi connectivity index (χ3v) is 2.85. The van der Waals surface area contributed by atoms with Crippen LogP contribution in [0.3, 0.4) is 0 Å². The Bertz CT molecular complexity index is 527.